The fourth-order valence-electron chi connectivity index (χ4n) is 3.02. The zero-order valence-corrected chi connectivity index (χ0v) is 15.0. The second-order valence-corrected chi connectivity index (χ2v) is 6.59. The first-order chi connectivity index (χ1) is 12.1. The highest BCUT2D eigenvalue weighted by Gasteiger charge is 2.32. The number of rotatable bonds is 6. The van der Waals surface area contributed by atoms with Gasteiger partial charge in [-0.15, -0.1) is 5.10 Å². The minimum atomic E-state index is -0.0182. The van der Waals surface area contributed by atoms with Crippen molar-refractivity contribution in [3.05, 3.63) is 23.8 Å². The summed E-state index contributed by atoms with van der Waals surface area (Å²) in [6.07, 6.45) is 1.85. The molecular weight excluding hydrogens is 342 g/mol. The van der Waals surface area contributed by atoms with E-state index in [9.17, 15) is 4.79 Å². The van der Waals surface area contributed by atoms with Crippen LogP contribution in [-0.4, -0.2) is 52.5 Å². The van der Waals surface area contributed by atoms with Crippen molar-refractivity contribution in [3.63, 3.8) is 0 Å². The molecule has 3 rings (SSSR count). The van der Waals surface area contributed by atoms with Gasteiger partial charge >= 0.3 is 0 Å². The first-order valence-electron chi connectivity index (χ1n) is 7.94. The third-order valence-corrected chi connectivity index (χ3v) is 5.01. The molecule has 25 heavy (non-hydrogen) atoms. The second kappa shape index (κ2) is 7.64. The molecule has 0 unspecified atom stereocenters. The molecule has 1 aliphatic rings. The van der Waals surface area contributed by atoms with Gasteiger partial charge in [0.05, 0.1) is 26.0 Å². The van der Waals surface area contributed by atoms with Gasteiger partial charge in [0, 0.05) is 12.1 Å². The fraction of sp³-hybridized carbons (Fsp3) is 0.438. The highest BCUT2D eigenvalue weighted by Crippen LogP contribution is 2.39. The molecule has 1 aliphatic heterocycles. The maximum absolute atomic E-state index is 12.7. The van der Waals surface area contributed by atoms with Crippen LogP contribution >= 0.6 is 11.8 Å². The first-order valence-corrected chi connectivity index (χ1v) is 8.93. The molecule has 0 aliphatic carbocycles. The SMILES string of the molecule is COc1ccc(OC)c([C@H]2CCCN2C(=O)CSc2n[nH]c(N)n2)c1. The molecule has 2 heterocycles. The number of aromatic amines is 1. The van der Waals surface area contributed by atoms with Gasteiger partial charge in [-0.05, 0) is 31.0 Å². The molecule has 1 saturated heterocycles. The molecule has 0 radical (unpaired) electrons. The van der Waals surface area contributed by atoms with Crippen LogP contribution < -0.4 is 15.2 Å². The lowest BCUT2D eigenvalue weighted by Gasteiger charge is -2.26. The number of ether oxygens (including phenoxy) is 2. The summed E-state index contributed by atoms with van der Waals surface area (Å²) in [5.74, 6) is 2.07. The molecule has 2 aromatic rings. The van der Waals surface area contributed by atoms with E-state index in [1.807, 2.05) is 23.1 Å². The Morgan fingerprint density at radius 3 is 2.96 bits per heavy atom. The third-order valence-electron chi connectivity index (χ3n) is 4.18. The molecule has 1 fully saturated rings. The van der Waals surface area contributed by atoms with Gasteiger partial charge in [-0.2, -0.15) is 4.98 Å². The average Bonchev–Trinajstić information content (AvgIpc) is 3.28. The summed E-state index contributed by atoms with van der Waals surface area (Å²) >= 11 is 1.27. The maximum Gasteiger partial charge on any atom is 0.233 e. The highest BCUT2D eigenvalue weighted by molar-refractivity contribution is 7.99. The molecule has 0 bridgehead atoms. The molecule has 3 N–H and O–H groups in total. The number of amides is 1. The van der Waals surface area contributed by atoms with Crippen LogP contribution in [0.4, 0.5) is 5.95 Å². The minimum absolute atomic E-state index is 0.0182. The van der Waals surface area contributed by atoms with Crippen molar-refractivity contribution in [2.45, 2.75) is 24.0 Å². The van der Waals surface area contributed by atoms with Crippen LogP contribution in [0.15, 0.2) is 23.4 Å². The van der Waals surface area contributed by atoms with Gasteiger partial charge in [-0.1, -0.05) is 11.8 Å². The first kappa shape index (κ1) is 17.4. The van der Waals surface area contributed by atoms with Gasteiger partial charge in [-0.3, -0.25) is 4.79 Å². The fourth-order valence-corrected chi connectivity index (χ4v) is 3.71. The number of nitrogens with one attached hydrogen (secondary N) is 1. The average molecular weight is 363 g/mol. The van der Waals surface area contributed by atoms with E-state index in [2.05, 4.69) is 15.2 Å². The molecule has 8 nitrogen and oxygen atoms in total. The number of nitrogens with two attached hydrogens (primary N) is 1. The normalized spacial score (nSPS) is 16.9. The molecule has 134 valence electrons. The lowest BCUT2D eigenvalue weighted by molar-refractivity contribution is -0.129. The standard InChI is InChI=1S/C16H21N5O3S/c1-23-10-5-6-13(24-2)11(8-10)12-4-3-7-21(12)14(22)9-25-16-18-15(17)19-20-16/h5-6,8,12H,3-4,7,9H2,1-2H3,(H3,17,18,19,20)/t12-/m1/s1. The van der Waals surface area contributed by atoms with Crippen LogP contribution in [0.5, 0.6) is 11.5 Å². The monoisotopic (exact) mass is 363 g/mol. The Kier molecular flexibility index (Phi) is 5.32. The third kappa shape index (κ3) is 3.81. The van der Waals surface area contributed by atoms with Crippen LogP contribution in [0.3, 0.4) is 0 Å². The molecule has 1 aromatic heterocycles. The van der Waals surface area contributed by atoms with Gasteiger partial charge in [0.15, 0.2) is 0 Å². The Balaban J connectivity index is 1.74. The molecule has 9 heteroatoms. The number of nitrogen functional groups attached to an aromatic ring is 1. The van der Waals surface area contributed by atoms with E-state index in [1.54, 1.807) is 14.2 Å². The van der Waals surface area contributed by atoms with E-state index in [1.165, 1.54) is 11.8 Å². The Bertz CT molecular complexity index is 751. The second-order valence-electron chi connectivity index (χ2n) is 5.64. The van der Waals surface area contributed by atoms with Crippen LogP contribution in [-0.2, 0) is 4.79 Å². The minimum Gasteiger partial charge on any atom is -0.497 e. The summed E-state index contributed by atoms with van der Waals surface area (Å²) in [6, 6.07) is 5.65. The van der Waals surface area contributed by atoms with Crippen LogP contribution in [0.25, 0.3) is 0 Å². The van der Waals surface area contributed by atoms with Gasteiger partial charge < -0.3 is 20.1 Å². The van der Waals surface area contributed by atoms with E-state index >= 15 is 0 Å². The number of aromatic nitrogens is 3. The van der Waals surface area contributed by atoms with Crippen molar-refractivity contribution in [2.24, 2.45) is 0 Å². The summed E-state index contributed by atoms with van der Waals surface area (Å²) in [5.41, 5.74) is 6.47. The van der Waals surface area contributed by atoms with Crippen molar-refractivity contribution >= 4 is 23.6 Å². The van der Waals surface area contributed by atoms with Crippen molar-refractivity contribution in [1.29, 1.82) is 0 Å². The lowest BCUT2D eigenvalue weighted by Crippen LogP contribution is -2.32. The number of benzene rings is 1. The number of H-pyrrole nitrogens is 1. The highest BCUT2D eigenvalue weighted by atomic mass is 32.2. The summed E-state index contributed by atoms with van der Waals surface area (Å²) < 4.78 is 10.8. The van der Waals surface area contributed by atoms with E-state index in [0.717, 1.165) is 36.4 Å². The Morgan fingerprint density at radius 1 is 1.44 bits per heavy atom. The lowest BCUT2D eigenvalue weighted by atomic mass is 10.0. The predicted octanol–water partition coefficient (Wildman–Crippen LogP) is 1.86. The van der Waals surface area contributed by atoms with Gasteiger partial charge in [-0.25, -0.2) is 5.10 Å². The number of anilines is 1. The number of hydrogen-bond donors (Lipinski definition) is 2. The summed E-state index contributed by atoms with van der Waals surface area (Å²) in [4.78, 5) is 18.6. The van der Waals surface area contributed by atoms with E-state index < -0.39 is 0 Å². The summed E-state index contributed by atoms with van der Waals surface area (Å²) in [6.45, 7) is 0.723. The molecule has 0 spiro atoms. The molecule has 1 aromatic carbocycles. The van der Waals surface area contributed by atoms with Gasteiger partial charge in [0.25, 0.3) is 0 Å². The largest absolute Gasteiger partial charge is 0.497 e. The molecule has 1 amide bonds. The smallest absolute Gasteiger partial charge is 0.233 e. The van der Waals surface area contributed by atoms with Crippen LogP contribution in [0.2, 0.25) is 0 Å². The number of methoxy groups -OCH3 is 2. The number of hydrogen-bond acceptors (Lipinski definition) is 7. The Morgan fingerprint density at radius 2 is 2.28 bits per heavy atom. The van der Waals surface area contributed by atoms with Crippen molar-refractivity contribution in [1.82, 2.24) is 20.1 Å². The zero-order valence-electron chi connectivity index (χ0n) is 14.2. The maximum atomic E-state index is 12.7. The van der Waals surface area contributed by atoms with Gasteiger partial charge in [0.1, 0.15) is 11.5 Å². The van der Waals surface area contributed by atoms with Crippen LogP contribution in [0.1, 0.15) is 24.4 Å². The number of thioether (sulfide) groups is 1. The number of likely N-dealkylation sites (tertiary alicyclic amines) is 1. The summed E-state index contributed by atoms with van der Waals surface area (Å²) in [5, 5.41) is 6.97. The van der Waals surface area contributed by atoms with Crippen LogP contribution in [0, 0.1) is 0 Å². The quantitative estimate of drug-likeness (QED) is 0.754. The Hall–Kier alpha value is -2.42. The van der Waals surface area contributed by atoms with Crippen molar-refractivity contribution in [2.75, 3.05) is 32.3 Å². The Labute approximate surface area is 150 Å². The van der Waals surface area contributed by atoms with Gasteiger partial charge in [0.2, 0.25) is 17.0 Å². The number of carbonyl (C=O) groups is 1. The van der Waals surface area contributed by atoms with E-state index in [0.29, 0.717) is 5.16 Å². The molecular formula is C16H21N5O3S. The predicted molar refractivity (Wildman–Crippen MR) is 94.8 cm³/mol. The number of nitrogens with zero attached hydrogens (tertiary/aromatic N) is 3. The summed E-state index contributed by atoms with van der Waals surface area (Å²) in [7, 11) is 3.26. The number of carbonyl (C=O) groups excluding carboxylic acids is 1. The molecule has 0 saturated carbocycles. The van der Waals surface area contributed by atoms with E-state index in [-0.39, 0.29) is 23.7 Å². The topological polar surface area (TPSA) is 106 Å². The van der Waals surface area contributed by atoms with Crippen molar-refractivity contribution in [3.8, 4) is 11.5 Å². The van der Waals surface area contributed by atoms with Crippen molar-refractivity contribution < 1.29 is 14.3 Å². The molecule has 1 atom stereocenters. The van der Waals surface area contributed by atoms with E-state index in [4.69, 9.17) is 15.2 Å². The zero-order chi connectivity index (χ0) is 17.8.